The Bertz CT molecular complexity index is 533. The molecule has 0 atom stereocenters. The van der Waals surface area contributed by atoms with Gasteiger partial charge >= 0.3 is 0 Å². The monoisotopic (exact) mass is 291 g/mol. The largest absolute Gasteiger partial charge is 0.241 e. The molecule has 0 aliphatic rings. The highest BCUT2D eigenvalue weighted by atomic mass is 35.5. The van der Waals surface area contributed by atoms with E-state index in [9.17, 15) is 13.2 Å². The minimum absolute atomic E-state index is 0.217. The van der Waals surface area contributed by atoms with E-state index < -0.39 is 17.5 Å². The standard InChI is InChI=1S/C12H9ClF3NS/c13-3-1-2-8-6-18-12(17-8)11-9(15)4-7(14)5-10(11)16/h4-6H,1-3H2. The first kappa shape index (κ1) is 13.4. The van der Waals surface area contributed by atoms with Gasteiger partial charge in [-0.05, 0) is 12.8 Å². The van der Waals surface area contributed by atoms with Crippen LogP contribution in [-0.4, -0.2) is 10.9 Å². The zero-order valence-corrected chi connectivity index (χ0v) is 10.8. The van der Waals surface area contributed by atoms with Crippen LogP contribution < -0.4 is 0 Å². The van der Waals surface area contributed by atoms with E-state index >= 15 is 0 Å². The highest BCUT2D eigenvalue weighted by Crippen LogP contribution is 2.29. The normalized spacial score (nSPS) is 10.9. The Balaban J connectivity index is 2.34. The van der Waals surface area contributed by atoms with Crippen LogP contribution in [0.25, 0.3) is 10.6 Å². The number of alkyl halides is 1. The number of nitrogens with zero attached hydrogens (tertiary/aromatic N) is 1. The third-order valence-corrected chi connectivity index (χ3v) is 3.51. The Morgan fingerprint density at radius 2 is 1.83 bits per heavy atom. The molecule has 0 fully saturated rings. The molecule has 0 aliphatic carbocycles. The second-order valence-electron chi connectivity index (χ2n) is 3.68. The number of hydrogen-bond acceptors (Lipinski definition) is 2. The Hall–Kier alpha value is -1.07. The van der Waals surface area contributed by atoms with E-state index in [0.29, 0.717) is 24.4 Å². The number of halogens is 4. The number of hydrogen-bond donors (Lipinski definition) is 0. The van der Waals surface area contributed by atoms with Gasteiger partial charge in [0.05, 0.1) is 11.3 Å². The maximum atomic E-state index is 13.5. The topological polar surface area (TPSA) is 12.9 Å². The van der Waals surface area contributed by atoms with Gasteiger partial charge in [-0.25, -0.2) is 18.2 Å². The van der Waals surface area contributed by atoms with E-state index in [1.54, 1.807) is 5.38 Å². The lowest BCUT2D eigenvalue weighted by atomic mass is 10.2. The molecule has 0 aliphatic heterocycles. The molecule has 2 rings (SSSR count). The van der Waals surface area contributed by atoms with Crippen molar-refractivity contribution >= 4 is 22.9 Å². The first-order valence-electron chi connectivity index (χ1n) is 5.27. The molecule has 6 heteroatoms. The summed E-state index contributed by atoms with van der Waals surface area (Å²) in [6.45, 7) is 0. The van der Waals surface area contributed by atoms with Gasteiger partial charge in [-0.1, -0.05) is 0 Å². The lowest BCUT2D eigenvalue weighted by molar-refractivity contribution is 0.548. The third kappa shape index (κ3) is 2.84. The van der Waals surface area contributed by atoms with Gasteiger partial charge in [-0.2, -0.15) is 0 Å². The first-order valence-corrected chi connectivity index (χ1v) is 6.68. The number of aromatic nitrogens is 1. The molecular weight excluding hydrogens is 283 g/mol. The second-order valence-corrected chi connectivity index (χ2v) is 4.92. The van der Waals surface area contributed by atoms with E-state index in [-0.39, 0.29) is 10.6 Å². The maximum Gasteiger partial charge on any atom is 0.139 e. The van der Waals surface area contributed by atoms with E-state index in [0.717, 1.165) is 23.5 Å². The maximum absolute atomic E-state index is 13.5. The molecule has 0 saturated heterocycles. The van der Waals surface area contributed by atoms with Crippen LogP contribution in [-0.2, 0) is 6.42 Å². The molecule has 0 bridgehead atoms. The van der Waals surface area contributed by atoms with Crippen molar-refractivity contribution in [2.75, 3.05) is 5.88 Å². The minimum atomic E-state index is -0.939. The Kier molecular flexibility index (Phi) is 4.24. The van der Waals surface area contributed by atoms with Crippen LogP contribution in [0.5, 0.6) is 0 Å². The Morgan fingerprint density at radius 1 is 1.17 bits per heavy atom. The number of rotatable bonds is 4. The van der Waals surface area contributed by atoms with Gasteiger partial charge in [0.2, 0.25) is 0 Å². The van der Waals surface area contributed by atoms with Crippen molar-refractivity contribution in [1.82, 2.24) is 4.98 Å². The fourth-order valence-electron chi connectivity index (χ4n) is 1.53. The fourth-order valence-corrected chi connectivity index (χ4v) is 2.57. The van der Waals surface area contributed by atoms with Crippen LogP contribution in [0.3, 0.4) is 0 Å². The molecule has 1 aromatic heterocycles. The van der Waals surface area contributed by atoms with Gasteiger partial charge in [0.15, 0.2) is 0 Å². The van der Waals surface area contributed by atoms with Crippen LogP contribution in [0.15, 0.2) is 17.5 Å². The molecule has 1 aromatic carbocycles. The van der Waals surface area contributed by atoms with Crippen molar-refractivity contribution in [3.8, 4) is 10.6 Å². The molecule has 18 heavy (non-hydrogen) atoms. The second kappa shape index (κ2) is 5.71. The van der Waals surface area contributed by atoms with Gasteiger partial charge < -0.3 is 0 Å². The van der Waals surface area contributed by atoms with Crippen LogP contribution in [0.1, 0.15) is 12.1 Å². The molecule has 96 valence electrons. The zero-order valence-electron chi connectivity index (χ0n) is 9.22. The van der Waals surface area contributed by atoms with Crippen molar-refractivity contribution in [1.29, 1.82) is 0 Å². The van der Waals surface area contributed by atoms with E-state index in [1.807, 2.05) is 0 Å². The average Bonchev–Trinajstić information content (AvgIpc) is 2.73. The predicted molar refractivity (Wildman–Crippen MR) is 66.5 cm³/mol. The first-order chi connectivity index (χ1) is 8.61. The summed E-state index contributed by atoms with van der Waals surface area (Å²) in [7, 11) is 0. The van der Waals surface area contributed by atoms with Crippen LogP contribution >= 0.6 is 22.9 Å². The van der Waals surface area contributed by atoms with Crippen molar-refractivity contribution in [2.24, 2.45) is 0 Å². The zero-order chi connectivity index (χ0) is 13.1. The lowest BCUT2D eigenvalue weighted by Crippen LogP contribution is -1.93. The van der Waals surface area contributed by atoms with Gasteiger partial charge in [0.1, 0.15) is 22.5 Å². The highest BCUT2D eigenvalue weighted by Gasteiger charge is 2.16. The van der Waals surface area contributed by atoms with E-state index in [4.69, 9.17) is 11.6 Å². The molecule has 1 nitrogen and oxygen atoms in total. The molecule has 0 radical (unpaired) electrons. The molecule has 0 saturated carbocycles. The summed E-state index contributed by atoms with van der Waals surface area (Å²) < 4.78 is 39.8. The molecule has 0 spiro atoms. The summed E-state index contributed by atoms with van der Waals surface area (Å²) in [6, 6.07) is 1.30. The summed E-state index contributed by atoms with van der Waals surface area (Å²) in [4.78, 5) is 4.13. The number of benzene rings is 1. The van der Waals surface area contributed by atoms with Crippen LogP contribution in [0.2, 0.25) is 0 Å². The van der Waals surface area contributed by atoms with Crippen LogP contribution in [0.4, 0.5) is 13.2 Å². The third-order valence-electron chi connectivity index (χ3n) is 2.34. The summed E-state index contributed by atoms with van der Waals surface area (Å²) in [6.07, 6.45) is 1.41. The Labute approximate surface area is 111 Å². The minimum Gasteiger partial charge on any atom is -0.241 e. The summed E-state index contributed by atoms with van der Waals surface area (Å²) in [5.74, 6) is -2.31. The molecule has 0 N–H and O–H groups in total. The molecule has 0 amide bonds. The predicted octanol–water partition coefficient (Wildman–Crippen LogP) is 4.40. The summed E-state index contributed by atoms with van der Waals surface area (Å²) in [5, 5.41) is 1.94. The fraction of sp³-hybridized carbons (Fsp3) is 0.250. The average molecular weight is 292 g/mol. The highest BCUT2D eigenvalue weighted by molar-refractivity contribution is 7.13. The van der Waals surface area contributed by atoms with Gasteiger partial charge in [0, 0.05) is 23.4 Å². The molecule has 0 unspecified atom stereocenters. The summed E-state index contributed by atoms with van der Waals surface area (Å²) >= 11 is 6.69. The van der Waals surface area contributed by atoms with Gasteiger partial charge in [0.25, 0.3) is 0 Å². The van der Waals surface area contributed by atoms with Crippen molar-refractivity contribution in [2.45, 2.75) is 12.8 Å². The van der Waals surface area contributed by atoms with Crippen molar-refractivity contribution < 1.29 is 13.2 Å². The van der Waals surface area contributed by atoms with E-state index in [1.165, 1.54) is 0 Å². The van der Waals surface area contributed by atoms with Crippen molar-refractivity contribution in [3.05, 3.63) is 40.7 Å². The van der Waals surface area contributed by atoms with Gasteiger partial charge in [-0.15, -0.1) is 22.9 Å². The number of aryl methyl sites for hydroxylation is 1. The molecule has 2 aromatic rings. The SMILES string of the molecule is Fc1cc(F)c(-c2nc(CCCCl)cs2)c(F)c1. The van der Waals surface area contributed by atoms with Crippen molar-refractivity contribution in [3.63, 3.8) is 0 Å². The smallest absolute Gasteiger partial charge is 0.139 e. The molecular formula is C12H9ClF3NS. The van der Waals surface area contributed by atoms with E-state index in [2.05, 4.69) is 4.98 Å². The van der Waals surface area contributed by atoms with Gasteiger partial charge in [-0.3, -0.25) is 0 Å². The van der Waals surface area contributed by atoms with Crippen LogP contribution in [0, 0.1) is 17.5 Å². The number of thiazole rings is 1. The quantitative estimate of drug-likeness (QED) is 0.761. The summed E-state index contributed by atoms with van der Waals surface area (Å²) in [5.41, 5.74) is 0.456. The lowest BCUT2D eigenvalue weighted by Gasteiger charge is -2.01. The molecule has 1 heterocycles. The Morgan fingerprint density at radius 3 is 2.44 bits per heavy atom.